The third kappa shape index (κ3) is 2.93. The number of hydrogen-bond acceptors (Lipinski definition) is 5. The van der Waals surface area contributed by atoms with Gasteiger partial charge >= 0.3 is 6.03 Å². The van der Waals surface area contributed by atoms with Crippen LogP contribution in [0, 0.1) is 23.1 Å². The van der Waals surface area contributed by atoms with Crippen LogP contribution in [0.3, 0.4) is 0 Å². The van der Waals surface area contributed by atoms with Crippen LogP contribution in [0.2, 0.25) is 0 Å². The summed E-state index contributed by atoms with van der Waals surface area (Å²) in [4.78, 5) is 34.2. The van der Waals surface area contributed by atoms with Gasteiger partial charge in [0, 0.05) is 26.5 Å². The second-order valence-corrected chi connectivity index (χ2v) is 5.73. The highest BCUT2D eigenvalue weighted by Crippen LogP contribution is 2.19. The number of carbonyl (C=O) groups is 2. The molecular formula is C17H15FN6O2. The summed E-state index contributed by atoms with van der Waals surface area (Å²) in [5.41, 5.74) is 0.887. The number of carbonyl (C=O) groups excluding carboxylic acids is 2. The van der Waals surface area contributed by atoms with E-state index < -0.39 is 23.7 Å². The van der Waals surface area contributed by atoms with Crippen LogP contribution in [-0.2, 0) is 11.3 Å². The van der Waals surface area contributed by atoms with Crippen molar-refractivity contribution < 1.29 is 14.0 Å². The molecule has 0 aliphatic carbocycles. The highest BCUT2D eigenvalue weighted by Gasteiger charge is 2.40. The van der Waals surface area contributed by atoms with Crippen molar-refractivity contribution in [2.45, 2.75) is 6.54 Å². The van der Waals surface area contributed by atoms with Crippen molar-refractivity contribution in [2.24, 2.45) is 10.9 Å². The number of urea groups is 1. The molecule has 3 amide bonds. The lowest BCUT2D eigenvalue weighted by Gasteiger charge is -2.32. The third-order valence-electron chi connectivity index (χ3n) is 4.10. The SMILES string of the molecule is CN1C(=O)C(C#N)C(=NCc2ccc(-n3ccnc3)c(F)c2)N(C)C1=O. The Morgan fingerprint density at radius 2 is 2.08 bits per heavy atom. The Hall–Kier alpha value is -3.54. The van der Waals surface area contributed by atoms with Gasteiger partial charge in [0.2, 0.25) is 0 Å². The summed E-state index contributed by atoms with van der Waals surface area (Å²) < 4.78 is 15.8. The van der Waals surface area contributed by atoms with Gasteiger partial charge in [-0.1, -0.05) is 6.07 Å². The molecule has 2 aromatic rings. The van der Waals surface area contributed by atoms with Crippen molar-refractivity contribution in [2.75, 3.05) is 14.1 Å². The monoisotopic (exact) mass is 354 g/mol. The maximum Gasteiger partial charge on any atom is 0.331 e. The molecule has 26 heavy (non-hydrogen) atoms. The van der Waals surface area contributed by atoms with Gasteiger partial charge in [0.15, 0.2) is 5.92 Å². The summed E-state index contributed by atoms with van der Waals surface area (Å²) >= 11 is 0. The zero-order chi connectivity index (χ0) is 18.8. The Morgan fingerprint density at radius 3 is 2.69 bits per heavy atom. The van der Waals surface area contributed by atoms with E-state index in [2.05, 4.69) is 9.98 Å². The number of hydrogen-bond donors (Lipinski definition) is 0. The molecule has 1 aliphatic rings. The number of nitrogens with zero attached hydrogens (tertiary/aromatic N) is 6. The highest BCUT2D eigenvalue weighted by molar-refractivity contribution is 6.19. The molecule has 1 aromatic heterocycles. The smallest absolute Gasteiger partial charge is 0.303 e. The van der Waals surface area contributed by atoms with Crippen molar-refractivity contribution in [1.29, 1.82) is 5.26 Å². The molecule has 2 heterocycles. The van der Waals surface area contributed by atoms with E-state index in [1.807, 2.05) is 6.07 Å². The molecule has 0 bridgehead atoms. The van der Waals surface area contributed by atoms with Gasteiger partial charge in [-0.2, -0.15) is 5.26 Å². The molecule has 1 atom stereocenters. The molecule has 0 radical (unpaired) electrons. The number of aromatic nitrogens is 2. The molecule has 0 spiro atoms. The summed E-state index contributed by atoms with van der Waals surface area (Å²) in [7, 11) is 2.75. The first-order valence-corrected chi connectivity index (χ1v) is 7.70. The zero-order valence-corrected chi connectivity index (χ0v) is 14.1. The predicted octanol–water partition coefficient (Wildman–Crippen LogP) is 1.57. The Balaban J connectivity index is 1.86. The van der Waals surface area contributed by atoms with Crippen LogP contribution < -0.4 is 0 Å². The maximum atomic E-state index is 14.3. The van der Waals surface area contributed by atoms with Crippen LogP contribution in [0.1, 0.15) is 5.56 Å². The van der Waals surface area contributed by atoms with Gasteiger partial charge in [-0.3, -0.25) is 19.6 Å². The number of benzene rings is 1. The first-order chi connectivity index (χ1) is 12.4. The Bertz CT molecular complexity index is 931. The van der Waals surface area contributed by atoms with Crippen molar-refractivity contribution in [3.63, 3.8) is 0 Å². The molecular weight excluding hydrogens is 339 g/mol. The molecule has 1 aromatic carbocycles. The van der Waals surface area contributed by atoms with Crippen LogP contribution in [0.4, 0.5) is 9.18 Å². The van der Waals surface area contributed by atoms with Crippen molar-refractivity contribution in [3.05, 3.63) is 48.3 Å². The molecule has 3 rings (SSSR count). The number of imide groups is 1. The molecule has 8 nitrogen and oxygen atoms in total. The Morgan fingerprint density at radius 1 is 1.31 bits per heavy atom. The second kappa shape index (κ2) is 6.76. The lowest BCUT2D eigenvalue weighted by atomic mass is 10.1. The average Bonchev–Trinajstić information content (AvgIpc) is 3.16. The van der Waals surface area contributed by atoms with E-state index in [1.165, 1.54) is 26.5 Å². The van der Waals surface area contributed by atoms with Gasteiger partial charge in [-0.25, -0.2) is 14.2 Å². The number of rotatable bonds is 3. The standard InChI is InChI=1S/C17H15FN6O2/c1-22-15(12(8-19)16(25)23(2)17(22)26)21-9-11-3-4-14(13(18)7-11)24-6-5-20-10-24/h3-7,10,12H,9H2,1-2H3. The van der Waals surface area contributed by atoms with Crippen LogP contribution in [0.15, 0.2) is 41.9 Å². The number of halogens is 1. The fraction of sp³-hybridized carbons (Fsp3) is 0.235. The van der Waals surface area contributed by atoms with E-state index in [9.17, 15) is 19.2 Å². The first kappa shape index (κ1) is 17.3. The number of aliphatic imine (C=N–C) groups is 1. The highest BCUT2D eigenvalue weighted by atomic mass is 19.1. The van der Waals surface area contributed by atoms with E-state index in [0.29, 0.717) is 11.3 Å². The Labute approximate surface area is 148 Å². The number of amides is 3. The molecule has 1 unspecified atom stereocenters. The van der Waals surface area contributed by atoms with Gasteiger partial charge in [-0.15, -0.1) is 0 Å². The van der Waals surface area contributed by atoms with Crippen LogP contribution in [0.25, 0.3) is 5.69 Å². The van der Waals surface area contributed by atoms with Crippen molar-refractivity contribution in [1.82, 2.24) is 19.4 Å². The van der Waals surface area contributed by atoms with E-state index in [4.69, 9.17) is 0 Å². The first-order valence-electron chi connectivity index (χ1n) is 7.70. The summed E-state index contributed by atoms with van der Waals surface area (Å²) in [5, 5.41) is 9.25. The van der Waals surface area contributed by atoms with Crippen LogP contribution in [0.5, 0.6) is 0 Å². The van der Waals surface area contributed by atoms with Crippen LogP contribution in [-0.4, -0.2) is 51.2 Å². The Kier molecular flexibility index (Phi) is 4.49. The van der Waals surface area contributed by atoms with Gasteiger partial charge < -0.3 is 4.57 Å². The molecule has 1 saturated heterocycles. The van der Waals surface area contributed by atoms with Gasteiger partial charge in [0.25, 0.3) is 5.91 Å². The predicted molar refractivity (Wildman–Crippen MR) is 89.7 cm³/mol. The zero-order valence-electron chi connectivity index (χ0n) is 14.1. The molecule has 0 N–H and O–H groups in total. The molecule has 1 fully saturated rings. The minimum Gasteiger partial charge on any atom is -0.303 e. The van der Waals surface area contributed by atoms with E-state index in [1.54, 1.807) is 29.1 Å². The minimum absolute atomic E-state index is 0.0310. The maximum absolute atomic E-state index is 14.3. The normalized spacial score (nSPS) is 19.2. The van der Waals surface area contributed by atoms with Gasteiger partial charge in [-0.05, 0) is 17.7 Å². The van der Waals surface area contributed by atoms with Gasteiger partial charge in [0.05, 0.1) is 24.6 Å². The van der Waals surface area contributed by atoms with Crippen molar-refractivity contribution >= 4 is 17.8 Å². The van der Waals surface area contributed by atoms with E-state index in [0.717, 1.165) is 9.80 Å². The quantitative estimate of drug-likeness (QED) is 0.836. The summed E-state index contributed by atoms with van der Waals surface area (Å²) in [6, 6.07) is 5.88. The van der Waals surface area contributed by atoms with Crippen molar-refractivity contribution in [3.8, 4) is 11.8 Å². The molecule has 0 saturated carbocycles. The minimum atomic E-state index is -1.17. The third-order valence-corrected chi connectivity index (χ3v) is 4.10. The summed E-state index contributed by atoms with van der Waals surface area (Å²) in [6.07, 6.45) is 4.66. The second-order valence-electron chi connectivity index (χ2n) is 5.73. The largest absolute Gasteiger partial charge is 0.331 e. The molecule has 1 aliphatic heterocycles. The molecule has 132 valence electrons. The summed E-state index contributed by atoms with van der Waals surface area (Å²) in [5.74, 6) is -2.20. The topological polar surface area (TPSA) is 94.6 Å². The lowest BCUT2D eigenvalue weighted by molar-refractivity contribution is -0.129. The fourth-order valence-corrected chi connectivity index (χ4v) is 2.66. The van der Waals surface area contributed by atoms with E-state index >= 15 is 0 Å². The lowest BCUT2D eigenvalue weighted by Crippen LogP contribution is -2.56. The fourth-order valence-electron chi connectivity index (χ4n) is 2.66. The summed E-state index contributed by atoms with van der Waals surface area (Å²) in [6.45, 7) is 0.0310. The van der Waals surface area contributed by atoms with Gasteiger partial charge in [0.1, 0.15) is 11.7 Å². The number of nitriles is 1. The van der Waals surface area contributed by atoms with Crippen LogP contribution >= 0.6 is 0 Å². The number of amidine groups is 1. The average molecular weight is 354 g/mol. The number of imidazole rings is 1. The molecule has 9 heteroatoms. The van der Waals surface area contributed by atoms with E-state index in [-0.39, 0.29) is 12.4 Å².